The van der Waals surface area contributed by atoms with Crippen molar-refractivity contribution in [1.82, 2.24) is 5.32 Å². The van der Waals surface area contributed by atoms with Crippen molar-refractivity contribution >= 4 is 37.0 Å². The number of carbonyl (C=O) groups excluding carboxylic acids is 2. The normalized spacial score (nSPS) is 14.8. The number of aliphatic hydroxyl groups excluding tert-OH is 1. The number of carbonyl (C=O) groups is 2. The second-order valence-corrected chi connectivity index (χ2v) is 3.21. The van der Waals surface area contributed by atoms with E-state index in [9.17, 15) is 9.59 Å². The molecule has 98 valence electrons. The quantitative estimate of drug-likeness (QED) is 0.444. The molecule has 6 N–H and O–H groups in total. The lowest BCUT2D eigenvalue weighted by Crippen LogP contribution is -2.47. The fourth-order valence-corrected chi connectivity index (χ4v) is 0.896. The van der Waals surface area contributed by atoms with Gasteiger partial charge >= 0.3 is 0 Å². The van der Waals surface area contributed by atoms with Gasteiger partial charge in [0.1, 0.15) is 6.29 Å². The number of rotatable bonds is 6. The zero-order chi connectivity index (χ0) is 11.1. The lowest BCUT2D eigenvalue weighted by atomic mass is 10.1. The number of aliphatic hydroxyl groups is 1. The zero-order valence-electron chi connectivity index (χ0n) is 8.96. The highest BCUT2D eigenvalue weighted by molar-refractivity contribution is 5.85. The summed E-state index contributed by atoms with van der Waals surface area (Å²) in [4.78, 5) is 21.3. The Kier molecular flexibility index (Phi) is 14.5. The first-order valence-corrected chi connectivity index (χ1v) is 4.39. The van der Waals surface area contributed by atoms with Gasteiger partial charge in [-0.25, -0.2) is 0 Å². The van der Waals surface area contributed by atoms with Gasteiger partial charge in [-0.3, -0.25) is 4.79 Å². The first-order valence-electron chi connectivity index (χ1n) is 4.39. The van der Waals surface area contributed by atoms with Gasteiger partial charge in [0, 0.05) is 0 Å². The number of halogens is 2. The maximum Gasteiger partial charge on any atom is 0.236 e. The molecule has 0 spiro atoms. The van der Waals surface area contributed by atoms with Crippen molar-refractivity contribution in [2.24, 2.45) is 11.5 Å². The number of hydrogen-bond donors (Lipinski definition) is 4. The topological polar surface area (TPSA) is 118 Å². The molecule has 8 heteroatoms. The number of nitrogens with two attached hydrogens (primary N) is 2. The summed E-state index contributed by atoms with van der Waals surface area (Å²) in [6.45, 7) is 1.27. The van der Waals surface area contributed by atoms with Gasteiger partial charge in [-0.15, -0.1) is 24.8 Å². The van der Waals surface area contributed by atoms with E-state index in [1.807, 2.05) is 0 Å². The van der Waals surface area contributed by atoms with Gasteiger partial charge in [0.2, 0.25) is 5.91 Å². The van der Waals surface area contributed by atoms with Gasteiger partial charge in [0.15, 0.2) is 0 Å². The second-order valence-electron chi connectivity index (χ2n) is 3.21. The minimum absolute atomic E-state index is 0. The van der Waals surface area contributed by atoms with Crippen LogP contribution in [0.15, 0.2) is 0 Å². The van der Waals surface area contributed by atoms with E-state index < -0.39 is 18.1 Å². The van der Waals surface area contributed by atoms with Crippen LogP contribution in [0.1, 0.15) is 13.3 Å². The van der Waals surface area contributed by atoms with E-state index in [4.69, 9.17) is 16.6 Å². The SMILES string of the molecule is C[C@@H](N)C(=O)N[C@@H](CO)C[C@@H](N)C=O.Cl.Cl. The molecule has 0 rings (SSSR count). The summed E-state index contributed by atoms with van der Waals surface area (Å²) in [5.74, 6) is -0.373. The molecule has 3 atom stereocenters. The predicted molar refractivity (Wildman–Crippen MR) is 65.8 cm³/mol. The third-order valence-electron chi connectivity index (χ3n) is 1.71. The molecule has 0 aromatic carbocycles. The molecule has 1 amide bonds. The van der Waals surface area contributed by atoms with Crippen LogP contribution in [0.4, 0.5) is 0 Å². The zero-order valence-corrected chi connectivity index (χ0v) is 10.6. The van der Waals surface area contributed by atoms with E-state index in [0.717, 1.165) is 0 Å². The van der Waals surface area contributed by atoms with Crippen LogP contribution in [0.2, 0.25) is 0 Å². The summed E-state index contributed by atoms with van der Waals surface area (Å²) < 4.78 is 0. The Morgan fingerprint density at radius 1 is 1.44 bits per heavy atom. The van der Waals surface area contributed by atoms with Crippen LogP contribution in [-0.2, 0) is 9.59 Å². The smallest absolute Gasteiger partial charge is 0.236 e. The van der Waals surface area contributed by atoms with Crippen LogP contribution >= 0.6 is 24.8 Å². The average molecular weight is 276 g/mol. The Balaban J connectivity index is -0.000000845. The Bertz CT molecular complexity index is 205. The van der Waals surface area contributed by atoms with Gasteiger partial charge < -0.3 is 26.7 Å². The molecule has 0 saturated carbocycles. The molecule has 0 saturated heterocycles. The van der Waals surface area contributed by atoms with Crippen molar-refractivity contribution in [1.29, 1.82) is 0 Å². The number of aldehydes is 1. The van der Waals surface area contributed by atoms with E-state index in [2.05, 4.69) is 5.32 Å². The summed E-state index contributed by atoms with van der Waals surface area (Å²) in [5.41, 5.74) is 10.6. The van der Waals surface area contributed by atoms with E-state index >= 15 is 0 Å². The molecular weight excluding hydrogens is 257 g/mol. The summed E-state index contributed by atoms with van der Waals surface area (Å²) in [6.07, 6.45) is 0.777. The Morgan fingerprint density at radius 2 is 1.94 bits per heavy atom. The predicted octanol–water partition coefficient (Wildman–Crippen LogP) is -1.43. The molecule has 0 fully saturated rings. The first kappa shape index (κ1) is 20.9. The molecule has 0 heterocycles. The van der Waals surface area contributed by atoms with Gasteiger partial charge in [-0.1, -0.05) is 0 Å². The van der Waals surface area contributed by atoms with Crippen LogP contribution in [0.3, 0.4) is 0 Å². The van der Waals surface area contributed by atoms with Gasteiger partial charge in [-0.2, -0.15) is 0 Å². The maximum atomic E-state index is 11.1. The summed E-state index contributed by atoms with van der Waals surface area (Å²) in [6, 6.07) is -1.84. The molecule has 0 aromatic heterocycles. The fourth-order valence-electron chi connectivity index (χ4n) is 0.896. The van der Waals surface area contributed by atoms with Crippen LogP contribution < -0.4 is 16.8 Å². The highest BCUT2D eigenvalue weighted by Gasteiger charge is 2.16. The molecule has 0 unspecified atom stereocenters. The first-order chi connectivity index (χ1) is 6.51. The monoisotopic (exact) mass is 275 g/mol. The lowest BCUT2D eigenvalue weighted by Gasteiger charge is -2.18. The molecule has 6 nitrogen and oxygen atoms in total. The Labute approximate surface area is 107 Å². The second kappa shape index (κ2) is 11.1. The van der Waals surface area contributed by atoms with Crippen LogP contribution in [0.25, 0.3) is 0 Å². The fraction of sp³-hybridized carbons (Fsp3) is 0.750. The van der Waals surface area contributed by atoms with Crippen molar-refractivity contribution in [3.05, 3.63) is 0 Å². The number of hydrogen-bond acceptors (Lipinski definition) is 5. The van der Waals surface area contributed by atoms with Crippen molar-refractivity contribution in [3.63, 3.8) is 0 Å². The summed E-state index contributed by atoms with van der Waals surface area (Å²) in [7, 11) is 0. The maximum absolute atomic E-state index is 11.1. The molecule has 0 aliphatic heterocycles. The van der Waals surface area contributed by atoms with Crippen molar-refractivity contribution in [3.8, 4) is 0 Å². The molecule has 0 bridgehead atoms. The van der Waals surface area contributed by atoms with E-state index in [0.29, 0.717) is 6.29 Å². The van der Waals surface area contributed by atoms with Crippen molar-refractivity contribution < 1.29 is 14.7 Å². The van der Waals surface area contributed by atoms with E-state index in [1.54, 1.807) is 0 Å². The highest BCUT2D eigenvalue weighted by atomic mass is 35.5. The van der Waals surface area contributed by atoms with E-state index in [-0.39, 0.29) is 43.7 Å². The minimum atomic E-state index is -0.680. The molecule has 0 aliphatic rings. The number of nitrogens with one attached hydrogen (secondary N) is 1. The molecule has 0 aliphatic carbocycles. The average Bonchev–Trinajstić information content (AvgIpc) is 2.16. The standard InChI is InChI=1S/C8H17N3O3.2ClH/c1-5(9)8(14)11-7(4-13)2-6(10)3-12;;/h3,5-7,13H,2,4,9-10H2,1H3,(H,11,14);2*1H/t5-,6-,7-;;/m1../s1. The van der Waals surface area contributed by atoms with Gasteiger partial charge in [0.25, 0.3) is 0 Å². The van der Waals surface area contributed by atoms with Crippen LogP contribution in [0, 0.1) is 0 Å². The highest BCUT2D eigenvalue weighted by Crippen LogP contribution is 1.94. The summed E-state index contributed by atoms with van der Waals surface area (Å²) in [5, 5.41) is 11.4. The van der Waals surface area contributed by atoms with Crippen molar-refractivity contribution in [2.45, 2.75) is 31.5 Å². The third-order valence-corrected chi connectivity index (χ3v) is 1.71. The van der Waals surface area contributed by atoms with Crippen LogP contribution in [0.5, 0.6) is 0 Å². The van der Waals surface area contributed by atoms with Gasteiger partial charge in [0.05, 0.1) is 24.7 Å². The summed E-state index contributed by atoms with van der Waals surface area (Å²) >= 11 is 0. The lowest BCUT2D eigenvalue weighted by molar-refractivity contribution is -0.123. The van der Waals surface area contributed by atoms with Crippen LogP contribution in [-0.4, -0.2) is 42.0 Å². The molecule has 0 radical (unpaired) electrons. The Morgan fingerprint density at radius 3 is 2.25 bits per heavy atom. The minimum Gasteiger partial charge on any atom is -0.394 e. The molecule has 16 heavy (non-hydrogen) atoms. The van der Waals surface area contributed by atoms with E-state index in [1.165, 1.54) is 6.92 Å². The largest absolute Gasteiger partial charge is 0.394 e. The van der Waals surface area contributed by atoms with Gasteiger partial charge in [-0.05, 0) is 13.3 Å². The van der Waals surface area contributed by atoms with Crippen molar-refractivity contribution in [2.75, 3.05) is 6.61 Å². The molecular formula is C8H19Cl2N3O3. The molecule has 0 aromatic rings. The Hall–Kier alpha value is -0.400. The third kappa shape index (κ3) is 8.87. The number of amides is 1.